The second-order valence-electron chi connectivity index (χ2n) is 4.37. The van der Waals surface area contributed by atoms with Gasteiger partial charge in [0.1, 0.15) is 12.0 Å². The van der Waals surface area contributed by atoms with Crippen LogP contribution in [-0.4, -0.2) is 37.1 Å². The SMILES string of the molecule is COCCN1C(=O)C(C)NC1c1cccc(F)c1. The maximum absolute atomic E-state index is 13.2. The summed E-state index contributed by atoms with van der Waals surface area (Å²) in [6.07, 6.45) is -0.279. The standard InChI is InChI=1S/C13H17FN2O2/c1-9-13(17)16(6-7-18-2)12(15-9)10-4-3-5-11(14)8-10/h3-5,8-9,12,15H,6-7H2,1-2H3. The predicted molar refractivity (Wildman–Crippen MR) is 65.3 cm³/mol. The summed E-state index contributed by atoms with van der Waals surface area (Å²) < 4.78 is 18.2. The molecule has 0 aliphatic carbocycles. The van der Waals surface area contributed by atoms with Crippen molar-refractivity contribution in [2.45, 2.75) is 19.1 Å². The Labute approximate surface area is 106 Å². The zero-order chi connectivity index (χ0) is 13.1. The Morgan fingerprint density at radius 1 is 1.50 bits per heavy atom. The Balaban J connectivity index is 2.22. The third kappa shape index (κ3) is 2.52. The fourth-order valence-corrected chi connectivity index (χ4v) is 2.16. The number of carbonyl (C=O) groups excluding carboxylic acids is 1. The number of halogens is 1. The average molecular weight is 252 g/mol. The number of benzene rings is 1. The summed E-state index contributed by atoms with van der Waals surface area (Å²) in [7, 11) is 1.59. The van der Waals surface area contributed by atoms with Crippen molar-refractivity contribution in [1.82, 2.24) is 10.2 Å². The summed E-state index contributed by atoms with van der Waals surface area (Å²) in [5, 5.41) is 3.16. The van der Waals surface area contributed by atoms with Crippen LogP contribution in [0.4, 0.5) is 4.39 Å². The fourth-order valence-electron chi connectivity index (χ4n) is 2.16. The molecule has 2 unspecified atom stereocenters. The summed E-state index contributed by atoms with van der Waals surface area (Å²) in [4.78, 5) is 13.7. The van der Waals surface area contributed by atoms with Gasteiger partial charge in [-0.1, -0.05) is 12.1 Å². The van der Waals surface area contributed by atoms with Crippen LogP contribution in [0.15, 0.2) is 24.3 Å². The first-order valence-electron chi connectivity index (χ1n) is 5.94. The van der Waals surface area contributed by atoms with Gasteiger partial charge >= 0.3 is 0 Å². The predicted octanol–water partition coefficient (Wildman–Crippen LogP) is 1.29. The van der Waals surface area contributed by atoms with Crippen LogP contribution in [-0.2, 0) is 9.53 Å². The summed E-state index contributed by atoms with van der Waals surface area (Å²) in [6.45, 7) is 2.77. The van der Waals surface area contributed by atoms with Gasteiger partial charge in [-0.25, -0.2) is 4.39 Å². The Morgan fingerprint density at radius 3 is 2.94 bits per heavy atom. The third-order valence-corrected chi connectivity index (χ3v) is 3.07. The van der Waals surface area contributed by atoms with Crippen LogP contribution in [0.25, 0.3) is 0 Å². The molecular weight excluding hydrogens is 235 g/mol. The van der Waals surface area contributed by atoms with Crippen molar-refractivity contribution < 1.29 is 13.9 Å². The number of rotatable bonds is 4. The van der Waals surface area contributed by atoms with E-state index in [1.807, 2.05) is 6.07 Å². The van der Waals surface area contributed by atoms with E-state index < -0.39 is 0 Å². The van der Waals surface area contributed by atoms with Gasteiger partial charge in [0.2, 0.25) is 5.91 Å². The van der Waals surface area contributed by atoms with E-state index in [2.05, 4.69) is 5.32 Å². The molecule has 1 amide bonds. The first kappa shape index (κ1) is 13.0. The van der Waals surface area contributed by atoms with Crippen molar-refractivity contribution in [2.24, 2.45) is 0 Å². The zero-order valence-electron chi connectivity index (χ0n) is 10.5. The monoisotopic (exact) mass is 252 g/mol. The number of ether oxygens (including phenoxy) is 1. The van der Waals surface area contributed by atoms with Crippen LogP contribution in [0.1, 0.15) is 18.7 Å². The minimum Gasteiger partial charge on any atom is -0.383 e. The first-order valence-corrected chi connectivity index (χ1v) is 5.94. The Bertz CT molecular complexity index is 439. The van der Waals surface area contributed by atoms with Gasteiger partial charge in [0, 0.05) is 13.7 Å². The molecule has 0 bridgehead atoms. The van der Waals surface area contributed by atoms with Gasteiger partial charge in [0.05, 0.1) is 12.6 Å². The van der Waals surface area contributed by atoms with Crippen LogP contribution in [0, 0.1) is 5.82 Å². The lowest BCUT2D eigenvalue weighted by Crippen LogP contribution is -2.33. The fraction of sp³-hybridized carbons (Fsp3) is 0.462. The molecule has 1 aromatic rings. The molecule has 0 spiro atoms. The van der Waals surface area contributed by atoms with Gasteiger partial charge < -0.3 is 9.64 Å². The first-order chi connectivity index (χ1) is 8.63. The van der Waals surface area contributed by atoms with Crippen molar-refractivity contribution in [1.29, 1.82) is 0 Å². The highest BCUT2D eigenvalue weighted by atomic mass is 19.1. The second kappa shape index (κ2) is 5.46. The number of amides is 1. The van der Waals surface area contributed by atoms with Crippen molar-refractivity contribution in [3.8, 4) is 0 Å². The Morgan fingerprint density at radius 2 is 2.28 bits per heavy atom. The lowest BCUT2D eigenvalue weighted by atomic mass is 10.1. The molecule has 18 heavy (non-hydrogen) atoms. The number of nitrogens with one attached hydrogen (secondary N) is 1. The molecule has 1 heterocycles. The molecule has 1 fully saturated rings. The molecule has 1 saturated heterocycles. The zero-order valence-corrected chi connectivity index (χ0v) is 10.5. The highest BCUT2D eigenvalue weighted by Crippen LogP contribution is 2.25. The van der Waals surface area contributed by atoms with E-state index in [1.54, 1.807) is 25.0 Å². The molecule has 2 atom stereocenters. The maximum atomic E-state index is 13.2. The topological polar surface area (TPSA) is 41.6 Å². The molecule has 1 N–H and O–H groups in total. The van der Waals surface area contributed by atoms with E-state index in [0.717, 1.165) is 5.56 Å². The molecule has 0 saturated carbocycles. The minimum atomic E-state index is -0.298. The van der Waals surface area contributed by atoms with Crippen LogP contribution in [0.2, 0.25) is 0 Å². The summed E-state index contributed by atoms with van der Waals surface area (Å²) in [5.41, 5.74) is 0.754. The van der Waals surface area contributed by atoms with Crippen molar-refractivity contribution >= 4 is 5.91 Å². The lowest BCUT2D eigenvalue weighted by molar-refractivity contribution is -0.130. The molecule has 2 rings (SSSR count). The lowest BCUT2D eigenvalue weighted by Gasteiger charge is -2.24. The van der Waals surface area contributed by atoms with Crippen LogP contribution < -0.4 is 5.32 Å². The van der Waals surface area contributed by atoms with E-state index >= 15 is 0 Å². The third-order valence-electron chi connectivity index (χ3n) is 3.07. The van der Waals surface area contributed by atoms with Gasteiger partial charge in [0.25, 0.3) is 0 Å². The van der Waals surface area contributed by atoms with Gasteiger partial charge in [-0.3, -0.25) is 10.1 Å². The van der Waals surface area contributed by atoms with Gasteiger partial charge in [0.15, 0.2) is 0 Å². The molecule has 0 radical (unpaired) electrons. The van der Waals surface area contributed by atoms with Gasteiger partial charge in [-0.15, -0.1) is 0 Å². The van der Waals surface area contributed by atoms with Crippen molar-refractivity contribution in [3.63, 3.8) is 0 Å². The molecule has 4 nitrogen and oxygen atoms in total. The normalized spacial score (nSPS) is 23.7. The van der Waals surface area contributed by atoms with E-state index in [4.69, 9.17) is 4.74 Å². The largest absolute Gasteiger partial charge is 0.383 e. The van der Waals surface area contributed by atoms with E-state index in [-0.39, 0.29) is 23.9 Å². The number of hydrogen-bond donors (Lipinski definition) is 1. The molecule has 1 aliphatic rings. The molecule has 0 aromatic heterocycles. The maximum Gasteiger partial charge on any atom is 0.241 e. The van der Waals surface area contributed by atoms with Gasteiger partial charge in [-0.05, 0) is 24.6 Å². The summed E-state index contributed by atoms with van der Waals surface area (Å²) in [5.74, 6) is -0.283. The molecular formula is C13H17FN2O2. The summed E-state index contributed by atoms with van der Waals surface area (Å²) in [6, 6.07) is 6.04. The van der Waals surface area contributed by atoms with Gasteiger partial charge in [-0.2, -0.15) is 0 Å². The number of hydrogen-bond acceptors (Lipinski definition) is 3. The Kier molecular flexibility index (Phi) is 3.93. The smallest absolute Gasteiger partial charge is 0.241 e. The molecule has 1 aromatic carbocycles. The average Bonchev–Trinajstić information content (AvgIpc) is 2.64. The number of methoxy groups -OCH3 is 1. The van der Waals surface area contributed by atoms with E-state index in [9.17, 15) is 9.18 Å². The van der Waals surface area contributed by atoms with Crippen molar-refractivity contribution in [2.75, 3.05) is 20.3 Å². The van der Waals surface area contributed by atoms with E-state index in [1.165, 1.54) is 12.1 Å². The second-order valence-corrected chi connectivity index (χ2v) is 4.37. The molecule has 98 valence electrons. The highest BCUT2D eigenvalue weighted by Gasteiger charge is 2.36. The summed E-state index contributed by atoms with van der Waals surface area (Å²) >= 11 is 0. The number of nitrogens with zero attached hydrogens (tertiary/aromatic N) is 1. The van der Waals surface area contributed by atoms with Crippen LogP contribution in [0.3, 0.4) is 0 Å². The Hall–Kier alpha value is -1.46. The quantitative estimate of drug-likeness (QED) is 0.878. The highest BCUT2D eigenvalue weighted by molar-refractivity contribution is 5.84. The molecule has 5 heteroatoms. The van der Waals surface area contributed by atoms with Crippen molar-refractivity contribution in [3.05, 3.63) is 35.6 Å². The number of carbonyl (C=O) groups is 1. The van der Waals surface area contributed by atoms with Crippen LogP contribution in [0.5, 0.6) is 0 Å². The van der Waals surface area contributed by atoms with Crippen LogP contribution >= 0.6 is 0 Å². The molecule has 1 aliphatic heterocycles. The van der Waals surface area contributed by atoms with E-state index in [0.29, 0.717) is 13.2 Å². The minimum absolute atomic E-state index is 0.0151.